The molecule has 0 saturated heterocycles. The van der Waals surface area contributed by atoms with E-state index in [9.17, 15) is 0 Å². The van der Waals surface area contributed by atoms with Gasteiger partial charge in [-0.25, -0.2) is 9.97 Å². The molecule has 1 heterocycles. The molecule has 0 N–H and O–H groups in total. The summed E-state index contributed by atoms with van der Waals surface area (Å²) in [6.07, 6.45) is 1.92. The van der Waals surface area contributed by atoms with E-state index >= 15 is 0 Å². The second-order valence-electron chi connectivity index (χ2n) is 5.94. The van der Waals surface area contributed by atoms with E-state index in [1.807, 2.05) is 6.20 Å². The second kappa shape index (κ2) is 5.14. The van der Waals surface area contributed by atoms with Gasteiger partial charge in [-0.05, 0) is 16.2 Å². The number of aromatic nitrogens is 2. The van der Waals surface area contributed by atoms with Crippen LogP contribution >= 0.6 is 0 Å². The number of hydrogen-bond donors (Lipinski definition) is 0. The lowest BCUT2D eigenvalue weighted by atomic mass is 10.0. The third kappa shape index (κ3) is 1.97. The van der Waals surface area contributed by atoms with E-state index < -0.39 is 0 Å². The van der Waals surface area contributed by atoms with E-state index in [1.54, 1.807) is 0 Å². The van der Waals surface area contributed by atoms with Crippen molar-refractivity contribution in [3.63, 3.8) is 0 Å². The molecule has 2 nitrogen and oxygen atoms in total. The van der Waals surface area contributed by atoms with Crippen molar-refractivity contribution >= 4 is 32.4 Å². The second-order valence-corrected chi connectivity index (χ2v) is 5.94. The quantitative estimate of drug-likeness (QED) is 0.376. The van der Waals surface area contributed by atoms with Crippen molar-refractivity contribution in [2.24, 2.45) is 0 Å². The molecule has 0 unspecified atom stereocenters. The maximum atomic E-state index is 4.91. The first-order valence-corrected chi connectivity index (χ1v) is 8.03. The van der Waals surface area contributed by atoms with Crippen molar-refractivity contribution in [3.8, 4) is 11.4 Å². The highest BCUT2D eigenvalue weighted by Gasteiger charge is 2.09. The van der Waals surface area contributed by atoms with Gasteiger partial charge in [0.15, 0.2) is 5.82 Å². The van der Waals surface area contributed by atoms with E-state index in [0.717, 1.165) is 22.3 Å². The van der Waals surface area contributed by atoms with Gasteiger partial charge in [-0.1, -0.05) is 78.9 Å². The molecule has 2 heteroatoms. The van der Waals surface area contributed by atoms with E-state index in [-0.39, 0.29) is 0 Å². The highest BCUT2D eigenvalue weighted by Crippen LogP contribution is 2.29. The summed E-state index contributed by atoms with van der Waals surface area (Å²) in [5.74, 6) is 0.774. The third-order valence-electron chi connectivity index (χ3n) is 4.51. The Bertz CT molecular complexity index is 1200. The highest BCUT2D eigenvalue weighted by molar-refractivity contribution is 6.05. The van der Waals surface area contributed by atoms with Gasteiger partial charge in [0.05, 0.1) is 5.52 Å². The summed E-state index contributed by atoms with van der Waals surface area (Å²) in [5.41, 5.74) is 2.08. The maximum absolute atomic E-state index is 4.91. The van der Waals surface area contributed by atoms with Crippen molar-refractivity contribution in [1.82, 2.24) is 9.97 Å². The molecule has 0 atom stereocenters. The minimum absolute atomic E-state index is 0.774. The van der Waals surface area contributed by atoms with E-state index in [0.29, 0.717) is 0 Å². The van der Waals surface area contributed by atoms with Gasteiger partial charge >= 0.3 is 0 Å². The summed E-state index contributed by atoms with van der Waals surface area (Å²) in [5, 5.41) is 5.82. The van der Waals surface area contributed by atoms with Crippen LogP contribution in [0.15, 0.2) is 85.1 Å². The average molecular weight is 306 g/mol. The van der Waals surface area contributed by atoms with Gasteiger partial charge in [0, 0.05) is 22.5 Å². The highest BCUT2D eigenvalue weighted by atomic mass is 14.9. The monoisotopic (exact) mass is 306 g/mol. The summed E-state index contributed by atoms with van der Waals surface area (Å²) in [7, 11) is 0. The fourth-order valence-electron chi connectivity index (χ4n) is 3.32. The molecule has 24 heavy (non-hydrogen) atoms. The Labute approximate surface area is 139 Å². The number of nitrogens with zero attached hydrogens (tertiary/aromatic N) is 2. The zero-order chi connectivity index (χ0) is 15.9. The molecule has 0 amide bonds. The van der Waals surface area contributed by atoms with Crippen molar-refractivity contribution in [1.29, 1.82) is 0 Å². The van der Waals surface area contributed by atoms with Crippen LogP contribution in [0.4, 0.5) is 0 Å². The first kappa shape index (κ1) is 13.2. The summed E-state index contributed by atoms with van der Waals surface area (Å²) in [4.78, 5) is 9.54. The summed E-state index contributed by atoms with van der Waals surface area (Å²) in [6.45, 7) is 0. The molecule has 0 radical (unpaired) electrons. The molecule has 0 saturated carbocycles. The number of rotatable bonds is 1. The van der Waals surface area contributed by atoms with Crippen LogP contribution in [0.5, 0.6) is 0 Å². The zero-order valence-corrected chi connectivity index (χ0v) is 13.0. The van der Waals surface area contributed by atoms with Crippen molar-refractivity contribution < 1.29 is 0 Å². The van der Waals surface area contributed by atoms with Gasteiger partial charge in [-0.2, -0.15) is 0 Å². The molecule has 0 aliphatic heterocycles. The summed E-state index contributed by atoms with van der Waals surface area (Å²) < 4.78 is 0. The average Bonchev–Trinajstić information content (AvgIpc) is 2.67. The van der Waals surface area contributed by atoms with Crippen LogP contribution in [0.25, 0.3) is 43.8 Å². The van der Waals surface area contributed by atoms with Crippen LogP contribution < -0.4 is 0 Å². The van der Waals surface area contributed by atoms with Crippen LogP contribution in [0.2, 0.25) is 0 Å². The molecular formula is C22H14N2. The minimum Gasteiger partial charge on any atom is -0.236 e. The van der Waals surface area contributed by atoms with Crippen LogP contribution in [0.3, 0.4) is 0 Å². The molecule has 1 aromatic heterocycles. The maximum Gasteiger partial charge on any atom is 0.160 e. The van der Waals surface area contributed by atoms with Gasteiger partial charge in [-0.15, -0.1) is 0 Å². The van der Waals surface area contributed by atoms with E-state index in [1.165, 1.54) is 21.5 Å². The Hall–Kier alpha value is -3.26. The van der Waals surface area contributed by atoms with Crippen molar-refractivity contribution in [2.45, 2.75) is 0 Å². The number of benzene rings is 4. The molecule has 0 aliphatic rings. The Kier molecular flexibility index (Phi) is 2.83. The number of fused-ring (bicyclic) bond motifs is 4. The SMILES string of the molecule is c1ccc2c(-c3ncc4ccc5ccccc5c4n3)cccc2c1. The molecule has 0 fully saturated rings. The predicted octanol–water partition coefficient (Wildman–Crippen LogP) is 5.60. The van der Waals surface area contributed by atoms with Crippen LogP contribution in [0.1, 0.15) is 0 Å². The summed E-state index contributed by atoms with van der Waals surface area (Å²) in [6, 6.07) is 27.2. The third-order valence-corrected chi connectivity index (χ3v) is 4.51. The Balaban J connectivity index is 1.85. The molecular weight excluding hydrogens is 292 g/mol. The van der Waals surface area contributed by atoms with Gasteiger partial charge in [0.25, 0.3) is 0 Å². The van der Waals surface area contributed by atoms with Crippen molar-refractivity contribution in [3.05, 3.63) is 85.1 Å². The van der Waals surface area contributed by atoms with Gasteiger partial charge in [-0.3, -0.25) is 0 Å². The lowest BCUT2D eigenvalue weighted by molar-refractivity contribution is 1.24. The number of hydrogen-bond acceptors (Lipinski definition) is 2. The van der Waals surface area contributed by atoms with Crippen LogP contribution in [-0.4, -0.2) is 9.97 Å². The molecule has 5 aromatic rings. The Morgan fingerprint density at radius 2 is 1.21 bits per heavy atom. The minimum atomic E-state index is 0.774. The predicted molar refractivity (Wildman–Crippen MR) is 100.0 cm³/mol. The van der Waals surface area contributed by atoms with Crippen LogP contribution in [0, 0.1) is 0 Å². The van der Waals surface area contributed by atoms with Crippen LogP contribution in [-0.2, 0) is 0 Å². The van der Waals surface area contributed by atoms with E-state index in [2.05, 4.69) is 83.8 Å². The van der Waals surface area contributed by atoms with Crippen molar-refractivity contribution in [2.75, 3.05) is 0 Å². The Morgan fingerprint density at radius 1 is 0.542 bits per heavy atom. The largest absolute Gasteiger partial charge is 0.236 e. The van der Waals surface area contributed by atoms with Gasteiger partial charge < -0.3 is 0 Å². The summed E-state index contributed by atoms with van der Waals surface area (Å²) >= 11 is 0. The van der Waals surface area contributed by atoms with Gasteiger partial charge in [0.2, 0.25) is 0 Å². The zero-order valence-electron chi connectivity index (χ0n) is 13.0. The fourth-order valence-corrected chi connectivity index (χ4v) is 3.32. The molecule has 0 bridgehead atoms. The molecule has 4 aromatic carbocycles. The lowest BCUT2D eigenvalue weighted by Gasteiger charge is -2.08. The normalized spacial score (nSPS) is 11.3. The first-order chi connectivity index (χ1) is 11.9. The molecule has 0 aliphatic carbocycles. The lowest BCUT2D eigenvalue weighted by Crippen LogP contribution is -1.92. The smallest absolute Gasteiger partial charge is 0.160 e. The fraction of sp³-hybridized carbons (Fsp3) is 0. The van der Waals surface area contributed by atoms with Gasteiger partial charge in [0.1, 0.15) is 0 Å². The molecule has 112 valence electrons. The molecule has 0 spiro atoms. The topological polar surface area (TPSA) is 25.8 Å². The Morgan fingerprint density at radius 3 is 2.08 bits per heavy atom. The first-order valence-electron chi connectivity index (χ1n) is 8.03. The molecule has 5 rings (SSSR count). The van der Waals surface area contributed by atoms with E-state index in [4.69, 9.17) is 4.98 Å². The standard InChI is InChI=1S/C22H14N2/c1-3-9-18-15(6-1)8-5-11-20(18)22-23-14-17-13-12-16-7-2-4-10-19(16)21(17)24-22/h1-14H.